The van der Waals surface area contributed by atoms with Gasteiger partial charge >= 0.3 is 0 Å². The van der Waals surface area contributed by atoms with E-state index >= 15 is 0 Å². The molecule has 0 aromatic heterocycles. The molecule has 0 heterocycles. The first-order valence-electron chi connectivity index (χ1n) is 5.68. The molecule has 0 aliphatic rings. The largest absolute Gasteiger partial charge is 0.481 e. The maximum absolute atomic E-state index is 13.5. The highest BCUT2D eigenvalue weighted by Crippen LogP contribution is 2.28. The third-order valence-electron chi connectivity index (χ3n) is 2.63. The van der Waals surface area contributed by atoms with Crippen LogP contribution in [0.5, 0.6) is 5.75 Å². The van der Waals surface area contributed by atoms with E-state index in [0.717, 1.165) is 22.2 Å². The van der Waals surface area contributed by atoms with E-state index in [2.05, 4.69) is 15.9 Å². The molecule has 0 saturated heterocycles. The van der Waals surface area contributed by atoms with Gasteiger partial charge in [0.1, 0.15) is 11.9 Å². The molecule has 19 heavy (non-hydrogen) atoms. The predicted molar refractivity (Wildman–Crippen MR) is 72.9 cm³/mol. The van der Waals surface area contributed by atoms with E-state index in [0.29, 0.717) is 0 Å². The van der Waals surface area contributed by atoms with Crippen LogP contribution in [0.4, 0.5) is 8.78 Å². The monoisotopic (exact) mass is 327 g/mol. The summed E-state index contributed by atoms with van der Waals surface area (Å²) in [7, 11) is 0. The van der Waals surface area contributed by atoms with E-state index in [9.17, 15) is 8.78 Å². The quantitative estimate of drug-likeness (QED) is 0.926. The smallest absolute Gasteiger partial charge is 0.168 e. The highest BCUT2D eigenvalue weighted by atomic mass is 79.9. The Labute approximate surface area is 118 Å². The minimum Gasteiger partial charge on any atom is -0.481 e. The highest BCUT2D eigenvalue weighted by molar-refractivity contribution is 9.10. The molecule has 0 saturated carbocycles. The summed E-state index contributed by atoms with van der Waals surface area (Å²) >= 11 is 3.39. The van der Waals surface area contributed by atoms with Crippen molar-refractivity contribution in [3.05, 3.63) is 64.1 Å². The van der Waals surface area contributed by atoms with Crippen molar-refractivity contribution < 1.29 is 13.5 Å². The number of rotatable bonds is 4. The molecule has 2 aromatic rings. The van der Waals surface area contributed by atoms with E-state index in [1.54, 1.807) is 0 Å². The molecule has 0 spiro atoms. The topological polar surface area (TPSA) is 35.2 Å². The number of ether oxygens (including phenoxy) is 1. The van der Waals surface area contributed by atoms with Crippen LogP contribution in [0.1, 0.15) is 11.7 Å². The van der Waals surface area contributed by atoms with Crippen LogP contribution in [-0.2, 0) is 0 Å². The van der Waals surface area contributed by atoms with Crippen LogP contribution in [0.25, 0.3) is 0 Å². The lowest BCUT2D eigenvalue weighted by Gasteiger charge is -2.19. The average Bonchev–Trinajstić information content (AvgIpc) is 2.39. The fraction of sp³-hybridized carbons (Fsp3) is 0.143. The van der Waals surface area contributed by atoms with Gasteiger partial charge in [-0.1, -0.05) is 34.1 Å². The fourth-order valence-corrected chi connectivity index (χ4v) is 2.24. The van der Waals surface area contributed by atoms with Gasteiger partial charge in [-0.15, -0.1) is 0 Å². The maximum Gasteiger partial charge on any atom is 0.168 e. The fourth-order valence-electron chi connectivity index (χ4n) is 1.70. The second-order valence-electron chi connectivity index (χ2n) is 3.94. The van der Waals surface area contributed by atoms with Crippen molar-refractivity contribution >= 4 is 15.9 Å². The Morgan fingerprint density at radius 2 is 1.89 bits per heavy atom. The molecule has 1 unspecified atom stereocenters. The normalized spacial score (nSPS) is 12.2. The first-order chi connectivity index (χ1) is 9.11. The molecular formula is C14H12BrF2NO. The first kappa shape index (κ1) is 14.0. The molecular weight excluding hydrogens is 316 g/mol. The van der Waals surface area contributed by atoms with E-state index in [4.69, 9.17) is 10.5 Å². The van der Waals surface area contributed by atoms with Gasteiger partial charge in [-0.3, -0.25) is 0 Å². The first-order valence-corrected chi connectivity index (χ1v) is 6.47. The molecule has 5 heteroatoms. The Kier molecular flexibility index (Phi) is 4.50. The number of hydrogen-bond acceptors (Lipinski definition) is 2. The van der Waals surface area contributed by atoms with E-state index in [1.807, 2.05) is 24.3 Å². The van der Waals surface area contributed by atoms with Gasteiger partial charge < -0.3 is 10.5 Å². The molecule has 0 radical (unpaired) electrons. The minimum absolute atomic E-state index is 0.0207. The zero-order chi connectivity index (χ0) is 13.8. The number of halogens is 3. The summed E-state index contributed by atoms with van der Waals surface area (Å²) in [6, 6.07) is 10.6. The van der Waals surface area contributed by atoms with Crippen molar-refractivity contribution in [2.24, 2.45) is 5.73 Å². The van der Waals surface area contributed by atoms with Crippen molar-refractivity contribution in [2.75, 3.05) is 6.54 Å². The Morgan fingerprint density at radius 3 is 2.53 bits per heavy atom. The van der Waals surface area contributed by atoms with E-state index < -0.39 is 17.7 Å². The van der Waals surface area contributed by atoms with Gasteiger partial charge in [0.05, 0.1) is 0 Å². The summed E-state index contributed by atoms with van der Waals surface area (Å²) in [6.07, 6.45) is -0.504. The summed E-state index contributed by atoms with van der Waals surface area (Å²) < 4.78 is 32.7. The van der Waals surface area contributed by atoms with Crippen molar-refractivity contribution in [3.63, 3.8) is 0 Å². The average molecular weight is 328 g/mol. The number of nitrogens with two attached hydrogens (primary N) is 1. The molecule has 1 atom stereocenters. The molecule has 2 nitrogen and oxygen atoms in total. The second kappa shape index (κ2) is 6.12. The summed E-state index contributed by atoms with van der Waals surface area (Å²) in [6.45, 7) is 0.180. The highest BCUT2D eigenvalue weighted by Gasteiger charge is 2.16. The van der Waals surface area contributed by atoms with Crippen LogP contribution >= 0.6 is 15.9 Å². The zero-order valence-electron chi connectivity index (χ0n) is 9.95. The Bertz CT molecular complexity index is 577. The molecule has 0 aliphatic carbocycles. The molecule has 2 N–H and O–H groups in total. The van der Waals surface area contributed by atoms with Crippen LogP contribution in [0, 0.1) is 11.6 Å². The van der Waals surface area contributed by atoms with Crippen LogP contribution in [0.15, 0.2) is 46.9 Å². The van der Waals surface area contributed by atoms with Gasteiger partial charge in [-0.05, 0) is 18.2 Å². The Hall–Kier alpha value is -1.46. The lowest BCUT2D eigenvalue weighted by molar-refractivity contribution is 0.203. The van der Waals surface area contributed by atoms with Gasteiger partial charge in [0.15, 0.2) is 11.6 Å². The summed E-state index contributed by atoms with van der Waals surface area (Å²) in [5.41, 5.74) is 6.47. The van der Waals surface area contributed by atoms with Gasteiger partial charge in [0, 0.05) is 22.6 Å². The zero-order valence-corrected chi connectivity index (χ0v) is 11.5. The van der Waals surface area contributed by atoms with Crippen molar-refractivity contribution in [1.29, 1.82) is 0 Å². The van der Waals surface area contributed by atoms with Crippen LogP contribution in [-0.4, -0.2) is 6.54 Å². The Morgan fingerprint density at radius 1 is 1.16 bits per heavy atom. The lowest BCUT2D eigenvalue weighted by atomic mass is 10.1. The summed E-state index contributed by atoms with van der Waals surface area (Å²) in [5.74, 6) is -1.41. The molecule has 0 aliphatic heterocycles. The standard InChI is InChI=1S/C14H12BrF2NO/c15-11-4-2-1-3-10(11)14(8-18)19-13-6-5-9(16)7-12(13)17/h1-7,14H,8,18H2. The lowest BCUT2D eigenvalue weighted by Crippen LogP contribution is -2.19. The molecule has 2 aromatic carbocycles. The number of hydrogen-bond donors (Lipinski definition) is 1. The molecule has 100 valence electrons. The molecule has 0 fully saturated rings. The SMILES string of the molecule is NCC(Oc1ccc(F)cc1F)c1ccccc1Br. The van der Waals surface area contributed by atoms with Crippen molar-refractivity contribution in [1.82, 2.24) is 0 Å². The van der Waals surface area contributed by atoms with E-state index in [1.165, 1.54) is 6.07 Å². The summed E-state index contributed by atoms with van der Waals surface area (Å²) in [4.78, 5) is 0. The third-order valence-corrected chi connectivity index (χ3v) is 3.35. The van der Waals surface area contributed by atoms with Crippen LogP contribution in [0.2, 0.25) is 0 Å². The third kappa shape index (κ3) is 3.30. The minimum atomic E-state index is -0.745. The molecule has 0 amide bonds. The molecule has 2 rings (SSSR count). The maximum atomic E-state index is 13.5. The van der Waals surface area contributed by atoms with Crippen molar-refractivity contribution in [3.8, 4) is 5.75 Å². The summed E-state index contributed by atoms with van der Waals surface area (Å²) in [5, 5.41) is 0. The van der Waals surface area contributed by atoms with Gasteiger partial charge in [0.2, 0.25) is 0 Å². The van der Waals surface area contributed by atoms with Crippen LogP contribution in [0.3, 0.4) is 0 Å². The Balaban J connectivity index is 2.27. The van der Waals surface area contributed by atoms with E-state index in [-0.39, 0.29) is 12.3 Å². The molecule has 0 bridgehead atoms. The van der Waals surface area contributed by atoms with Gasteiger partial charge in [0.25, 0.3) is 0 Å². The number of benzene rings is 2. The second-order valence-corrected chi connectivity index (χ2v) is 4.79. The predicted octanol–water partition coefficient (Wildman–Crippen LogP) is 3.81. The van der Waals surface area contributed by atoms with Gasteiger partial charge in [-0.25, -0.2) is 8.78 Å². The van der Waals surface area contributed by atoms with Gasteiger partial charge in [-0.2, -0.15) is 0 Å². The van der Waals surface area contributed by atoms with Crippen molar-refractivity contribution in [2.45, 2.75) is 6.10 Å². The van der Waals surface area contributed by atoms with Crippen LogP contribution < -0.4 is 10.5 Å².